The van der Waals surface area contributed by atoms with E-state index < -0.39 is 11.5 Å². The van der Waals surface area contributed by atoms with Crippen LogP contribution in [0, 0.1) is 0 Å². The molecule has 0 aliphatic rings. The van der Waals surface area contributed by atoms with E-state index in [0.29, 0.717) is 23.4 Å². The van der Waals surface area contributed by atoms with Crippen LogP contribution in [0.25, 0.3) is 22.3 Å². The van der Waals surface area contributed by atoms with Crippen molar-refractivity contribution in [1.82, 2.24) is 19.5 Å². The first-order valence-electron chi connectivity index (χ1n) is 9.26. The van der Waals surface area contributed by atoms with E-state index in [-0.39, 0.29) is 0 Å². The van der Waals surface area contributed by atoms with Crippen molar-refractivity contribution in [3.05, 3.63) is 78.3 Å². The molecule has 0 saturated heterocycles. The number of rotatable bonds is 4. The summed E-state index contributed by atoms with van der Waals surface area (Å²) in [4.78, 5) is 28.8. The molecule has 1 aromatic carbocycles. The molecule has 4 rings (SSSR count). The van der Waals surface area contributed by atoms with E-state index in [2.05, 4.69) is 19.9 Å². The van der Waals surface area contributed by atoms with E-state index in [1.165, 1.54) is 0 Å². The average molecular weight is 387 g/mol. The Morgan fingerprint density at radius 1 is 1.17 bits per heavy atom. The summed E-state index contributed by atoms with van der Waals surface area (Å²) in [6.45, 7) is 3.73. The minimum Gasteiger partial charge on any atom is -0.389 e. The Morgan fingerprint density at radius 2 is 2.00 bits per heavy atom. The Labute approximate surface area is 167 Å². The molecule has 7 heteroatoms. The number of nitrogens with one attached hydrogen (secondary N) is 1. The quantitative estimate of drug-likeness (QED) is 0.563. The molecule has 7 nitrogen and oxygen atoms in total. The molecule has 0 bridgehead atoms. The molecule has 0 atom stereocenters. The van der Waals surface area contributed by atoms with Crippen molar-refractivity contribution in [3.8, 4) is 11.3 Å². The summed E-state index contributed by atoms with van der Waals surface area (Å²) in [6, 6.07) is 14.7. The Bertz CT molecular complexity index is 1230. The molecule has 29 heavy (non-hydrogen) atoms. The van der Waals surface area contributed by atoms with Gasteiger partial charge in [-0.3, -0.25) is 14.8 Å². The van der Waals surface area contributed by atoms with Gasteiger partial charge in [0.2, 0.25) is 5.62 Å². The second-order valence-electron chi connectivity index (χ2n) is 7.45. The van der Waals surface area contributed by atoms with E-state index in [1.54, 1.807) is 44.6 Å². The second-order valence-corrected chi connectivity index (χ2v) is 7.45. The number of hydrogen-bond acceptors (Lipinski definition) is 4. The summed E-state index contributed by atoms with van der Waals surface area (Å²) >= 11 is 0. The number of para-hydroxylation sites is 2. The maximum Gasteiger partial charge on any atom is 0.280 e. The maximum atomic E-state index is 12.9. The average Bonchev–Trinajstić information content (AvgIpc) is 3.04. The van der Waals surface area contributed by atoms with Crippen LogP contribution >= 0.6 is 0 Å². The molecular formula is C22H21N5O2. The highest BCUT2D eigenvalue weighted by molar-refractivity contribution is 5.95. The lowest BCUT2D eigenvalue weighted by atomic mass is 10.1. The molecule has 0 aliphatic carbocycles. The van der Waals surface area contributed by atoms with Gasteiger partial charge in [-0.15, -0.1) is 0 Å². The monoisotopic (exact) mass is 387 g/mol. The van der Waals surface area contributed by atoms with Crippen molar-refractivity contribution < 1.29 is 9.90 Å². The van der Waals surface area contributed by atoms with Crippen LogP contribution in [0.2, 0.25) is 0 Å². The summed E-state index contributed by atoms with van der Waals surface area (Å²) in [5.74, 6) is -0.395. The molecule has 3 aromatic heterocycles. The number of aromatic nitrogens is 4. The smallest absolute Gasteiger partial charge is 0.280 e. The minimum atomic E-state index is -0.965. The SMILES string of the molecule is CC(C)(O)Cn1/c(=N/C(=O)c2ccnc(-c3cccnc3)c2)[nH]c2ccccc21. The van der Waals surface area contributed by atoms with Crippen molar-refractivity contribution in [1.29, 1.82) is 0 Å². The van der Waals surface area contributed by atoms with Crippen LogP contribution in [0.15, 0.2) is 72.1 Å². The van der Waals surface area contributed by atoms with Crippen LogP contribution in [-0.4, -0.2) is 36.1 Å². The van der Waals surface area contributed by atoms with Crippen LogP contribution < -0.4 is 5.62 Å². The first-order valence-corrected chi connectivity index (χ1v) is 9.26. The molecule has 1 amide bonds. The topological polar surface area (TPSA) is 96.2 Å². The molecule has 146 valence electrons. The summed E-state index contributed by atoms with van der Waals surface area (Å²) < 4.78 is 1.82. The second kappa shape index (κ2) is 7.44. The molecule has 0 saturated carbocycles. The molecule has 2 N–H and O–H groups in total. The highest BCUT2D eigenvalue weighted by Gasteiger charge is 2.17. The number of carbonyl (C=O) groups excluding carboxylic acids is 1. The number of aromatic amines is 1. The highest BCUT2D eigenvalue weighted by Crippen LogP contribution is 2.17. The number of pyridine rings is 2. The van der Waals surface area contributed by atoms with Gasteiger partial charge >= 0.3 is 0 Å². The number of fused-ring (bicyclic) bond motifs is 1. The third kappa shape index (κ3) is 4.14. The Kier molecular flexibility index (Phi) is 4.82. The number of amides is 1. The van der Waals surface area contributed by atoms with Gasteiger partial charge in [0, 0.05) is 29.7 Å². The summed E-state index contributed by atoms with van der Waals surface area (Å²) in [5, 5.41) is 10.3. The lowest BCUT2D eigenvalue weighted by Gasteiger charge is -2.18. The van der Waals surface area contributed by atoms with Gasteiger partial charge in [0.05, 0.1) is 28.9 Å². The molecule has 0 aliphatic heterocycles. The fraction of sp³-hybridized carbons (Fsp3) is 0.182. The number of H-pyrrole nitrogens is 1. The van der Waals surface area contributed by atoms with Gasteiger partial charge in [0.1, 0.15) is 0 Å². The van der Waals surface area contributed by atoms with Crippen LogP contribution in [-0.2, 0) is 6.54 Å². The van der Waals surface area contributed by atoms with Crippen molar-refractivity contribution in [2.75, 3.05) is 0 Å². The van der Waals surface area contributed by atoms with E-state index in [1.807, 2.05) is 41.0 Å². The summed E-state index contributed by atoms with van der Waals surface area (Å²) in [5.41, 5.74) is 3.03. The molecule has 0 unspecified atom stereocenters. The Balaban J connectivity index is 1.78. The Morgan fingerprint density at radius 3 is 2.76 bits per heavy atom. The zero-order valence-corrected chi connectivity index (χ0v) is 16.2. The summed E-state index contributed by atoms with van der Waals surface area (Å²) in [6.07, 6.45) is 4.97. The van der Waals surface area contributed by atoms with Crippen LogP contribution in [0.5, 0.6) is 0 Å². The first kappa shape index (κ1) is 18.8. The predicted molar refractivity (Wildman–Crippen MR) is 110 cm³/mol. The highest BCUT2D eigenvalue weighted by atomic mass is 16.3. The van der Waals surface area contributed by atoms with E-state index in [0.717, 1.165) is 16.6 Å². The molecule has 0 spiro atoms. The molecule has 3 heterocycles. The predicted octanol–water partition coefficient (Wildman–Crippen LogP) is 2.94. The zero-order valence-electron chi connectivity index (χ0n) is 16.2. The van der Waals surface area contributed by atoms with Crippen LogP contribution in [0.4, 0.5) is 0 Å². The van der Waals surface area contributed by atoms with Gasteiger partial charge in [-0.2, -0.15) is 4.99 Å². The largest absolute Gasteiger partial charge is 0.389 e. The third-order valence-corrected chi connectivity index (χ3v) is 4.41. The number of carbonyl (C=O) groups is 1. The first-order chi connectivity index (χ1) is 13.9. The van der Waals surface area contributed by atoms with E-state index in [4.69, 9.17) is 0 Å². The molecular weight excluding hydrogens is 366 g/mol. The molecule has 4 aromatic rings. The molecule has 0 fully saturated rings. The van der Waals surface area contributed by atoms with Crippen LogP contribution in [0.1, 0.15) is 24.2 Å². The van der Waals surface area contributed by atoms with Crippen molar-refractivity contribution in [2.24, 2.45) is 4.99 Å². The van der Waals surface area contributed by atoms with Gasteiger partial charge in [0.25, 0.3) is 5.91 Å². The standard InChI is InChI=1S/C22H21N5O2/c1-22(2,29)14-27-19-8-4-3-7-17(19)25-21(27)26-20(28)15-9-11-24-18(12-15)16-6-5-10-23-13-16/h3-13,29H,14H2,1-2H3,(H,25,26,28). The third-order valence-electron chi connectivity index (χ3n) is 4.41. The summed E-state index contributed by atoms with van der Waals surface area (Å²) in [7, 11) is 0. The fourth-order valence-electron chi connectivity index (χ4n) is 3.15. The zero-order chi connectivity index (χ0) is 20.4. The fourth-order valence-corrected chi connectivity index (χ4v) is 3.15. The van der Waals surface area contributed by atoms with Gasteiger partial charge in [0.15, 0.2) is 0 Å². The maximum absolute atomic E-state index is 12.9. The number of imidazole rings is 1. The lowest BCUT2D eigenvalue weighted by molar-refractivity contribution is 0.0612. The normalized spacial score (nSPS) is 12.4. The number of aliphatic hydroxyl groups is 1. The lowest BCUT2D eigenvalue weighted by Crippen LogP contribution is -2.32. The van der Waals surface area contributed by atoms with Crippen molar-refractivity contribution in [3.63, 3.8) is 0 Å². The minimum absolute atomic E-state index is 0.292. The number of nitrogens with zero attached hydrogens (tertiary/aromatic N) is 4. The Hall–Kier alpha value is -3.58. The van der Waals surface area contributed by atoms with Gasteiger partial charge < -0.3 is 14.7 Å². The van der Waals surface area contributed by atoms with Crippen LogP contribution in [0.3, 0.4) is 0 Å². The molecule has 0 radical (unpaired) electrons. The van der Waals surface area contributed by atoms with Crippen molar-refractivity contribution in [2.45, 2.75) is 26.0 Å². The van der Waals surface area contributed by atoms with E-state index >= 15 is 0 Å². The van der Waals surface area contributed by atoms with Gasteiger partial charge in [-0.1, -0.05) is 12.1 Å². The number of benzene rings is 1. The van der Waals surface area contributed by atoms with Gasteiger partial charge in [-0.25, -0.2) is 0 Å². The van der Waals surface area contributed by atoms with Crippen molar-refractivity contribution >= 4 is 16.9 Å². The van der Waals surface area contributed by atoms with E-state index in [9.17, 15) is 9.90 Å². The number of hydrogen-bond donors (Lipinski definition) is 2. The van der Waals surface area contributed by atoms with Gasteiger partial charge in [-0.05, 0) is 50.2 Å².